The third kappa shape index (κ3) is 8.51. The maximum Gasteiger partial charge on any atom is 0.205 e. The molecule has 49 heavy (non-hydrogen) atoms. The normalized spacial score (nSPS) is 17.7. The van der Waals surface area contributed by atoms with Crippen LogP contribution in [0.3, 0.4) is 0 Å². The third-order valence-electron chi connectivity index (χ3n) is 8.31. The van der Waals surface area contributed by atoms with Crippen molar-refractivity contribution in [2.45, 2.75) is 65.8 Å². The Labute approximate surface area is 291 Å². The number of hydrogen-bond donors (Lipinski definition) is 0. The molecule has 2 aliphatic heterocycles. The molecule has 0 radical (unpaired) electrons. The number of methoxy groups -OCH3 is 1. The van der Waals surface area contributed by atoms with Crippen molar-refractivity contribution < 1.29 is 33.2 Å². The maximum absolute atomic E-state index is 6.57. The molecule has 7 rings (SSSR count). The van der Waals surface area contributed by atoms with Crippen LogP contribution in [0.5, 0.6) is 40.2 Å². The summed E-state index contributed by atoms with van der Waals surface area (Å²) in [5.74, 6) is 4.33. The van der Waals surface area contributed by atoms with Gasteiger partial charge in [-0.2, -0.15) is 0 Å². The predicted octanol–water partition coefficient (Wildman–Crippen LogP) is 10.2. The van der Waals surface area contributed by atoms with Gasteiger partial charge in [0.25, 0.3) is 0 Å². The summed E-state index contributed by atoms with van der Waals surface area (Å²) in [5, 5.41) is 0. The lowest BCUT2D eigenvalue weighted by molar-refractivity contribution is -0.106. The van der Waals surface area contributed by atoms with Gasteiger partial charge in [0.1, 0.15) is 23.0 Å². The van der Waals surface area contributed by atoms with Gasteiger partial charge in [-0.05, 0) is 98.5 Å². The van der Waals surface area contributed by atoms with E-state index in [9.17, 15) is 0 Å². The summed E-state index contributed by atoms with van der Waals surface area (Å²) >= 11 is 0. The molecule has 7 nitrogen and oxygen atoms in total. The predicted molar refractivity (Wildman–Crippen MR) is 190 cm³/mol. The molecule has 2 unspecified atom stereocenters. The van der Waals surface area contributed by atoms with E-state index in [0.29, 0.717) is 28.7 Å². The summed E-state index contributed by atoms with van der Waals surface area (Å²) in [6.07, 6.45) is 5.70. The Morgan fingerprint density at radius 1 is 0.510 bits per heavy atom. The van der Waals surface area contributed by atoms with Gasteiger partial charge >= 0.3 is 0 Å². The van der Waals surface area contributed by atoms with Gasteiger partial charge in [0, 0.05) is 25.0 Å². The van der Waals surface area contributed by atoms with Crippen LogP contribution >= 0.6 is 0 Å². The second-order valence-electron chi connectivity index (χ2n) is 11.9. The van der Waals surface area contributed by atoms with Crippen molar-refractivity contribution in [3.05, 3.63) is 121 Å². The Balaban J connectivity index is 1.22. The molecule has 0 aromatic heterocycles. The fourth-order valence-corrected chi connectivity index (χ4v) is 8.01. The monoisotopic (exact) mass is 677 g/mol. The van der Waals surface area contributed by atoms with Crippen LogP contribution in [0.25, 0.3) is 0 Å². The molecule has 0 spiro atoms. The van der Waals surface area contributed by atoms with Crippen LogP contribution in [0.15, 0.2) is 136 Å². The number of rotatable bonds is 12. The molecule has 0 amide bonds. The molecule has 2 atom stereocenters. The minimum Gasteiger partial charge on any atom is -0.490 e. The highest BCUT2D eigenvalue weighted by atomic mass is 32.2. The van der Waals surface area contributed by atoms with Crippen LogP contribution in [-0.2, 0) is 20.4 Å². The first-order valence-electron chi connectivity index (χ1n) is 16.9. The van der Waals surface area contributed by atoms with Gasteiger partial charge in [0.15, 0.2) is 38.8 Å². The lowest BCUT2D eigenvalue weighted by Gasteiger charge is -2.23. The SMILES string of the molecule is COc1c(Oc2ccc(OC3CCCCO3)cc2)cc([S+](c2ccccc2)c2ccccc2)cc1Oc1ccc(OC2CCCCO2)cc1. The summed E-state index contributed by atoms with van der Waals surface area (Å²) in [7, 11) is 1.17. The Morgan fingerprint density at radius 3 is 1.33 bits per heavy atom. The Morgan fingerprint density at radius 2 is 0.939 bits per heavy atom. The molecule has 0 aliphatic carbocycles. The van der Waals surface area contributed by atoms with E-state index in [1.54, 1.807) is 7.11 Å². The average Bonchev–Trinajstić information content (AvgIpc) is 3.15. The summed E-state index contributed by atoms with van der Waals surface area (Å²) in [6, 6.07) is 40.3. The summed E-state index contributed by atoms with van der Waals surface area (Å²) in [6.45, 7) is 1.46. The van der Waals surface area contributed by atoms with Gasteiger partial charge in [-0.15, -0.1) is 0 Å². The van der Waals surface area contributed by atoms with Crippen molar-refractivity contribution in [1.29, 1.82) is 0 Å². The Hall–Kier alpha value is -4.63. The highest BCUT2D eigenvalue weighted by Crippen LogP contribution is 2.46. The van der Waals surface area contributed by atoms with E-state index in [1.165, 1.54) is 9.79 Å². The zero-order chi connectivity index (χ0) is 33.3. The van der Waals surface area contributed by atoms with Crippen LogP contribution in [-0.4, -0.2) is 32.9 Å². The molecule has 0 saturated carbocycles. The molecular formula is C41H41O7S+. The number of hydrogen-bond acceptors (Lipinski definition) is 7. The van der Waals surface area contributed by atoms with Crippen molar-refractivity contribution in [2.24, 2.45) is 0 Å². The number of benzene rings is 5. The molecule has 5 aromatic carbocycles. The fraction of sp³-hybridized carbons (Fsp3) is 0.268. The first kappa shape index (κ1) is 32.9. The van der Waals surface area contributed by atoms with E-state index in [0.717, 1.165) is 68.1 Å². The Bertz CT molecular complexity index is 1630. The fourth-order valence-electron chi connectivity index (χ4n) is 5.88. The van der Waals surface area contributed by atoms with Crippen LogP contribution in [0.4, 0.5) is 0 Å². The van der Waals surface area contributed by atoms with Crippen molar-refractivity contribution in [1.82, 2.24) is 0 Å². The number of ether oxygens (including phenoxy) is 7. The van der Waals surface area contributed by atoms with Gasteiger partial charge in [0.2, 0.25) is 5.75 Å². The van der Waals surface area contributed by atoms with E-state index in [1.807, 2.05) is 60.7 Å². The van der Waals surface area contributed by atoms with E-state index < -0.39 is 10.9 Å². The summed E-state index contributed by atoms with van der Waals surface area (Å²) in [5.41, 5.74) is 0. The highest BCUT2D eigenvalue weighted by Gasteiger charge is 2.32. The van der Waals surface area contributed by atoms with Crippen LogP contribution in [0.2, 0.25) is 0 Å². The molecule has 2 fully saturated rings. The van der Waals surface area contributed by atoms with Crippen LogP contribution in [0.1, 0.15) is 38.5 Å². The molecule has 2 aliphatic rings. The van der Waals surface area contributed by atoms with Crippen LogP contribution in [0, 0.1) is 0 Å². The maximum atomic E-state index is 6.57. The topological polar surface area (TPSA) is 64.6 Å². The third-order valence-corrected chi connectivity index (χ3v) is 10.5. The van der Waals surface area contributed by atoms with Gasteiger partial charge in [-0.3, -0.25) is 0 Å². The zero-order valence-electron chi connectivity index (χ0n) is 27.6. The molecule has 8 heteroatoms. The first-order valence-corrected chi connectivity index (χ1v) is 18.1. The Kier molecular flexibility index (Phi) is 10.9. The van der Waals surface area contributed by atoms with E-state index >= 15 is 0 Å². The van der Waals surface area contributed by atoms with E-state index in [4.69, 9.17) is 33.2 Å². The molecule has 2 heterocycles. The largest absolute Gasteiger partial charge is 0.490 e. The summed E-state index contributed by atoms with van der Waals surface area (Å²) < 4.78 is 42.7. The smallest absolute Gasteiger partial charge is 0.205 e. The molecule has 5 aromatic rings. The molecule has 0 bridgehead atoms. The van der Waals surface area contributed by atoms with Crippen molar-refractivity contribution in [3.8, 4) is 40.2 Å². The molecular weight excluding hydrogens is 637 g/mol. The molecule has 2 saturated heterocycles. The standard InChI is InChI=1S/C41H41O7S/c1-42-41-37(45-30-18-22-32(23-19-30)47-39-16-8-10-26-43-39)28-36(49(34-12-4-2-5-13-34)35-14-6-3-7-15-35)29-38(41)46-31-20-24-33(25-21-31)48-40-17-9-11-27-44-40/h2-7,12-15,18-25,28-29,39-40H,8-11,16-17,26-27H2,1H3/q+1. The van der Waals surface area contributed by atoms with Gasteiger partial charge in [-0.25, -0.2) is 0 Å². The first-order chi connectivity index (χ1) is 24.2. The second kappa shape index (κ2) is 16.2. The van der Waals surface area contributed by atoms with E-state index in [-0.39, 0.29) is 12.6 Å². The van der Waals surface area contributed by atoms with Crippen molar-refractivity contribution in [2.75, 3.05) is 20.3 Å². The minimum atomic E-state index is -0.461. The lowest BCUT2D eigenvalue weighted by atomic mass is 10.2. The lowest BCUT2D eigenvalue weighted by Crippen LogP contribution is -2.24. The quantitative estimate of drug-likeness (QED) is 0.122. The van der Waals surface area contributed by atoms with Gasteiger partial charge < -0.3 is 33.2 Å². The van der Waals surface area contributed by atoms with Crippen molar-refractivity contribution in [3.63, 3.8) is 0 Å². The average molecular weight is 678 g/mol. The molecule has 252 valence electrons. The van der Waals surface area contributed by atoms with Crippen molar-refractivity contribution >= 4 is 10.9 Å². The highest BCUT2D eigenvalue weighted by molar-refractivity contribution is 7.97. The molecule has 0 N–H and O–H groups in total. The van der Waals surface area contributed by atoms with E-state index in [2.05, 4.69) is 60.7 Å². The zero-order valence-corrected chi connectivity index (χ0v) is 28.4. The second-order valence-corrected chi connectivity index (χ2v) is 13.9. The summed E-state index contributed by atoms with van der Waals surface area (Å²) in [4.78, 5) is 3.37. The van der Waals surface area contributed by atoms with Gasteiger partial charge in [-0.1, -0.05) is 36.4 Å². The van der Waals surface area contributed by atoms with Crippen LogP contribution < -0.4 is 23.7 Å². The van der Waals surface area contributed by atoms with Gasteiger partial charge in [0.05, 0.1) is 31.2 Å². The minimum absolute atomic E-state index is 0.216.